The second kappa shape index (κ2) is 12.3. The lowest BCUT2D eigenvalue weighted by atomic mass is 9.44. The number of phenols is 1. The molecule has 0 amide bonds. The number of aromatic hydroxyl groups is 1. The summed E-state index contributed by atoms with van der Waals surface area (Å²) in [6, 6.07) is 15.6. The van der Waals surface area contributed by atoms with Crippen molar-refractivity contribution in [2.75, 3.05) is 5.75 Å². The van der Waals surface area contributed by atoms with Crippen LogP contribution in [-0.4, -0.2) is 21.6 Å². The summed E-state index contributed by atoms with van der Waals surface area (Å²) in [5.41, 5.74) is 6.56. The minimum atomic E-state index is 0.161. The van der Waals surface area contributed by atoms with Crippen molar-refractivity contribution in [3.8, 4) is 5.75 Å². The van der Waals surface area contributed by atoms with Crippen LogP contribution in [-0.2, 0) is 19.4 Å². The molecule has 4 heteroatoms. The smallest absolute Gasteiger partial charge is 0.116 e. The van der Waals surface area contributed by atoms with Crippen molar-refractivity contribution < 1.29 is 5.11 Å². The Morgan fingerprint density at radius 1 is 0.933 bits per heavy atom. The van der Waals surface area contributed by atoms with Crippen molar-refractivity contribution in [1.82, 2.24) is 5.32 Å². The molecule has 8 atom stereocenters. The fourth-order valence-corrected chi connectivity index (χ4v) is 15.2. The summed E-state index contributed by atoms with van der Waals surface area (Å²) in [6.45, 7) is 5.94. The highest BCUT2D eigenvalue weighted by molar-refractivity contribution is 8.77. The van der Waals surface area contributed by atoms with Gasteiger partial charge in [-0.15, -0.1) is 0 Å². The third-order valence-corrected chi connectivity index (χ3v) is 16.9. The molecule has 2 heterocycles. The Labute approximate surface area is 280 Å². The molecular formula is C41H55NOS2. The number of rotatable bonds is 0. The molecule has 242 valence electrons. The van der Waals surface area contributed by atoms with Gasteiger partial charge in [0, 0.05) is 23.1 Å². The van der Waals surface area contributed by atoms with Gasteiger partial charge in [-0.05, 0) is 159 Å². The fraction of sp³-hybridized carbons (Fsp3) is 0.659. The predicted octanol–water partition coefficient (Wildman–Crippen LogP) is 10.5. The van der Waals surface area contributed by atoms with Gasteiger partial charge in [0.25, 0.3) is 0 Å². The minimum absolute atomic E-state index is 0.161. The Balaban J connectivity index is 1.21. The van der Waals surface area contributed by atoms with Gasteiger partial charge in [-0.25, -0.2) is 0 Å². The van der Waals surface area contributed by atoms with E-state index >= 15 is 0 Å². The van der Waals surface area contributed by atoms with E-state index in [1.807, 2.05) is 6.07 Å². The van der Waals surface area contributed by atoms with Crippen molar-refractivity contribution >= 4 is 21.6 Å². The maximum atomic E-state index is 11.1. The van der Waals surface area contributed by atoms with Gasteiger partial charge in [0.2, 0.25) is 0 Å². The molecule has 3 saturated carbocycles. The van der Waals surface area contributed by atoms with Crippen LogP contribution < -0.4 is 5.32 Å². The lowest BCUT2D eigenvalue weighted by molar-refractivity contribution is -0.0838. The number of hydrogen-bond acceptors (Lipinski definition) is 4. The highest BCUT2D eigenvalue weighted by atomic mass is 33.1. The summed E-state index contributed by atoms with van der Waals surface area (Å²) < 4.78 is 0. The van der Waals surface area contributed by atoms with Crippen molar-refractivity contribution in [1.29, 1.82) is 0 Å². The summed E-state index contributed by atoms with van der Waals surface area (Å²) in [7, 11) is 4.41. The highest BCUT2D eigenvalue weighted by Gasteiger charge is 2.58. The molecule has 2 aromatic rings. The average molecular weight is 642 g/mol. The van der Waals surface area contributed by atoms with Crippen LogP contribution in [0.5, 0.6) is 5.75 Å². The van der Waals surface area contributed by atoms with Gasteiger partial charge in [-0.1, -0.05) is 83.8 Å². The van der Waals surface area contributed by atoms with Crippen LogP contribution in [0.3, 0.4) is 0 Å². The van der Waals surface area contributed by atoms with Crippen LogP contribution in [0.1, 0.15) is 113 Å². The van der Waals surface area contributed by atoms with Gasteiger partial charge in [-0.2, -0.15) is 0 Å². The van der Waals surface area contributed by atoms with Gasteiger partial charge in [0.1, 0.15) is 5.75 Å². The summed E-state index contributed by atoms with van der Waals surface area (Å²) in [5, 5.41) is 15.9. The lowest BCUT2D eigenvalue weighted by Gasteiger charge is -2.61. The van der Waals surface area contributed by atoms with Crippen LogP contribution in [0, 0.1) is 40.4 Å². The van der Waals surface area contributed by atoms with Gasteiger partial charge in [0.05, 0.1) is 0 Å². The molecule has 1 saturated heterocycles. The standard InChI is InChI=1S/C41H55NOS2/c1-28-8-7-14-41(23-28)26-40(12-5-6-13-40)24-36-33-18-30-16-29(19-35(43)20-30)17-31-9-3-4-10-32(31)25-42-39(2)15-11-38(45-44-27-39)34(21-33)22-37(36)41/h3-4,7,9-10,14,16,19-20,28,33-34,36-38,42-43H,5-6,8,11-13,15,17-18,21-27H2,1-2H3/t28-,33-,34-,36+,37-,38+,39+,41-/m0/s1. The number of phenolic OH excluding ortho intramolecular Hbond substituents is 1. The SMILES string of the molecule is C[C@H]1CC=C[C@]2(C1)CC1(CCCC1)C[C@@H]1[C@H]3Cc4cc(O)cc(c4)Cc4ccccc4CN[C@]4(C)CC[C@@H](SSC4)[C@@H](C3)C[C@@H]12. The molecule has 4 aliphatic carbocycles. The van der Waals surface area contributed by atoms with E-state index in [-0.39, 0.29) is 5.54 Å². The third kappa shape index (κ3) is 6.19. The number of allylic oxidation sites excluding steroid dienone is 2. The molecule has 4 fully saturated rings. The molecule has 0 radical (unpaired) electrons. The molecule has 6 bridgehead atoms. The van der Waals surface area contributed by atoms with Crippen LogP contribution in [0.15, 0.2) is 54.6 Å². The van der Waals surface area contributed by atoms with Crippen LogP contribution >= 0.6 is 21.6 Å². The number of benzene rings is 2. The molecule has 2 aliphatic heterocycles. The summed E-state index contributed by atoms with van der Waals surface area (Å²) in [6.07, 6.45) is 24.3. The van der Waals surface area contributed by atoms with Crippen molar-refractivity contribution in [2.24, 2.45) is 40.4 Å². The van der Waals surface area contributed by atoms with E-state index in [1.54, 1.807) is 0 Å². The lowest BCUT2D eigenvalue weighted by Crippen LogP contribution is -2.53. The van der Waals surface area contributed by atoms with Crippen LogP contribution in [0.4, 0.5) is 0 Å². The number of nitrogens with one attached hydrogen (secondary N) is 1. The van der Waals surface area contributed by atoms with E-state index in [9.17, 15) is 5.11 Å². The Hall–Kier alpha value is -1.36. The first-order valence-electron chi connectivity index (χ1n) is 18.4. The molecule has 0 aromatic heterocycles. The van der Waals surface area contributed by atoms with Gasteiger partial charge in [-0.3, -0.25) is 0 Å². The van der Waals surface area contributed by atoms with Crippen LogP contribution in [0.2, 0.25) is 0 Å². The monoisotopic (exact) mass is 641 g/mol. The molecule has 0 unspecified atom stereocenters. The van der Waals surface area contributed by atoms with Crippen molar-refractivity contribution in [3.05, 3.63) is 76.9 Å². The van der Waals surface area contributed by atoms with Crippen molar-refractivity contribution in [3.63, 3.8) is 0 Å². The van der Waals surface area contributed by atoms with E-state index in [0.29, 0.717) is 22.5 Å². The molecule has 8 rings (SSSR count). The first-order chi connectivity index (χ1) is 21.8. The summed E-state index contributed by atoms with van der Waals surface area (Å²) in [4.78, 5) is 0. The average Bonchev–Trinajstić information content (AvgIpc) is 3.35. The summed E-state index contributed by atoms with van der Waals surface area (Å²) >= 11 is 0. The van der Waals surface area contributed by atoms with E-state index in [2.05, 4.69) is 89.3 Å². The predicted molar refractivity (Wildman–Crippen MR) is 193 cm³/mol. The summed E-state index contributed by atoms with van der Waals surface area (Å²) in [5.74, 6) is 5.57. The minimum Gasteiger partial charge on any atom is -0.508 e. The van der Waals surface area contributed by atoms with E-state index in [0.717, 1.165) is 48.3 Å². The molecule has 2 nitrogen and oxygen atoms in total. The zero-order chi connectivity index (χ0) is 30.6. The molecule has 45 heavy (non-hydrogen) atoms. The quantitative estimate of drug-likeness (QED) is 0.221. The van der Waals surface area contributed by atoms with E-state index in [1.165, 1.54) is 105 Å². The first-order valence-corrected chi connectivity index (χ1v) is 20.8. The van der Waals surface area contributed by atoms with Gasteiger partial charge < -0.3 is 10.4 Å². The Morgan fingerprint density at radius 3 is 2.60 bits per heavy atom. The fourth-order valence-electron chi connectivity index (χ4n) is 11.6. The zero-order valence-corrected chi connectivity index (χ0v) is 29.4. The van der Waals surface area contributed by atoms with E-state index in [4.69, 9.17) is 0 Å². The van der Waals surface area contributed by atoms with Crippen molar-refractivity contribution in [2.45, 2.75) is 121 Å². The molecule has 2 aromatic carbocycles. The second-order valence-corrected chi connectivity index (χ2v) is 19.6. The maximum absolute atomic E-state index is 11.1. The number of hydrogen-bond donors (Lipinski definition) is 2. The molecule has 2 N–H and O–H groups in total. The molecule has 6 aliphatic rings. The number of fused-ring (bicyclic) bond motifs is 12. The van der Waals surface area contributed by atoms with Gasteiger partial charge in [0.15, 0.2) is 0 Å². The van der Waals surface area contributed by atoms with Crippen LogP contribution in [0.25, 0.3) is 0 Å². The third-order valence-electron chi connectivity index (χ3n) is 13.6. The Morgan fingerprint density at radius 2 is 1.76 bits per heavy atom. The van der Waals surface area contributed by atoms with E-state index < -0.39 is 0 Å². The maximum Gasteiger partial charge on any atom is 0.116 e. The Bertz CT molecular complexity index is 1410. The normalized spacial score (nSPS) is 39.3. The molecule has 2 spiro atoms. The first kappa shape index (κ1) is 30.9. The van der Waals surface area contributed by atoms with Gasteiger partial charge >= 0.3 is 0 Å². The largest absolute Gasteiger partial charge is 0.508 e. The molecular weight excluding hydrogens is 587 g/mol. The Kier molecular flexibility index (Phi) is 8.43. The second-order valence-electron chi connectivity index (χ2n) is 17.0. The highest BCUT2D eigenvalue weighted by Crippen LogP contribution is 2.67. The topological polar surface area (TPSA) is 32.3 Å². The zero-order valence-electron chi connectivity index (χ0n) is 27.7.